The van der Waals surface area contributed by atoms with Crippen LogP contribution in [0.1, 0.15) is 33.1 Å². The molecule has 6 heteroatoms. The lowest BCUT2D eigenvalue weighted by molar-refractivity contribution is -0.132. The summed E-state index contributed by atoms with van der Waals surface area (Å²) < 4.78 is 0. The van der Waals surface area contributed by atoms with Gasteiger partial charge in [0.2, 0.25) is 11.8 Å². The van der Waals surface area contributed by atoms with Crippen LogP contribution in [0, 0.1) is 5.41 Å². The first-order valence-electron chi connectivity index (χ1n) is 7.91. The van der Waals surface area contributed by atoms with Gasteiger partial charge >= 0.3 is 0 Å². The van der Waals surface area contributed by atoms with Gasteiger partial charge in [-0.3, -0.25) is 14.5 Å². The molecule has 2 fully saturated rings. The van der Waals surface area contributed by atoms with Crippen molar-refractivity contribution in [3.8, 4) is 0 Å². The Kier molecular flexibility index (Phi) is 5.22. The molecule has 1 unspecified atom stereocenters. The number of nitrogens with two attached hydrogens (primary N) is 1. The highest BCUT2D eigenvalue weighted by Crippen LogP contribution is 2.27. The minimum Gasteiger partial charge on any atom is -0.346 e. The van der Waals surface area contributed by atoms with Gasteiger partial charge in [0.15, 0.2) is 0 Å². The topological polar surface area (TPSA) is 78.7 Å². The molecule has 0 radical (unpaired) electrons. The number of hydrogen-bond acceptors (Lipinski definition) is 4. The Bertz CT molecular complexity index is 391. The molecule has 2 aliphatic heterocycles. The Balaban J connectivity index is 1.71. The van der Waals surface area contributed by atoms with Crippen molar-refractivity contribution in [3.05, 3.63) is 0 Å². The van der Waals surface area contributed by atoms with Crippen molar-refractivity contribution in [3.63, 3.8) is 0 Å². The van der Waals surface area contributed by atoms with Gasteiger partial charge in [0, 0.05) is 32.2 Å². The molecule has 3 N–H and O–H groups in total. The van der Waals surface area contributed by atoms with Gasteiger partial charge in [-0.05, 0) is 24.7 Å². The molecule has 2 rings (SSSR count). The van der Waals surface area contributed by atoms with E-state index >= 15 is 0 Å². The second-order valence-corrected chi connectivity index (χ2v) is 6.96. The van der Waals surface area contributed by atoms with E-state index in [1.54, 1.807) is 0 Å². The third-order valence-electron chi connectivity index (χ3n) is 4.65. The Morgan fingerprint density at radius 3 is 2.52 bits per heavy atom. The van der Waals surface area contributed by atoms with E-state index in [0.717, 1.165) is 45.4 Å². The molecule has 0 spiro atoms. The fourth-order valence-electron chi connectivity index (χ4n) is 3.13. The van der Waals surface area contributed by atoms with Gasteiger partial charge in [-0.15, -0.1) is 0 Å². The number of hydrogen-bond donors (Lipinski definition) is 2. The molecule has 2 saturated heterocycles. The van der Waals surface area contributed by atoms with Crippen LogP contribution in [0.4, 0.5) is 0 Å². The molecule has 0 aliphatic carbocycles. The van der Waals surface area contributed by atoms with Crippen molar-refractivity contribution in [2.75, 3.05) is 39.3 Å². The predicted molar refractivity (Wildman–Crippen MR) is 81.6 cm³/mol. The fraction of sp³-hybridized carbons (Fsp3) is 0.867. The fourth-order valence-corrected chi connectivity index (χ4v) is 3.13. The molecule has 2 amide bonds. The smallest absolute Gasteiger partial charge is 0.241 e. The maximum atomic E-state index is 12.0. The van der Waals surface area contributed by atoms with Crippen molar-refractivity contribution in [1.29, 1.82) is 0 Å². The molecule has 120 valence electrons. The number of amides is 2. The average Bonchev–Trinajstić information content (AvgIpc) is 2.94. The normalized spacial score (nSPS) is 25.9. The lowest BCUT2D eigenvalue weighted by atomic mass is 9.80. The van der Waals surface area contributed by atoms with Crippen molar-refractivity contribution >= 4 is 11.8 Å². The first-order valence-corrected chi connectivity index (χ1v) is 7.91. The Hall–Kier alpha value is -1.14. The van der Waals surface area contributed by atoms with E-state index < -0.39 is 0 Å². The first kappa shape index (κ1) is 16.2. The van der Waals surface area contributed by atoms with E-state index in [1.165, 1.54) is 0 Å². The summed E-state index contributed by atoms with van der Waals surface area (Å²) in [4.78, 5) is 27.8. The van der Waals surface area contributed by atoms with Gasteiger partial charge in [-0.2, -0.15) is 0 Å². The number of nitrogens with one attached hydrogen (secondary N) is 1. The van der Waals surface area contributed by atoms with Crippen LogP contribution >= 0.6 is 0 Å². The van der Waals surface area contributed by atoms with Crippen LogP contribution in [-0.4, -0.2) is 66.9 Å². The molecule has 0 aromatic rings. The monoisotopic (exact) mass is 296 g/mol. The molecule has 2 aliphatic rings. The second-order valence-electron chi connectivity index (χ2n) is 6.96. The third-order valence-corrected chi connectivity index (χ3v) is 4.65. The van der Waals surface area contributed by atoms with Gasteiger partial charge in [-0.1, -0.05) is 13.8 Å². The summed E-state index contributed by atoms with van der Waals surface area (Å²) in [6.07, 6.45) is 3.05. The largest absolute Gasteiger partial charge is 0.346 e. The zero-order valence-electron chi connectivity index (χ0n) is 13.2. The van der Waals surface area contributed by atoms with Crippen LogP contribution in [0.15, 0.2) is 0 Å². The van der Waals surface area contributed by atoms with Crippen molar-refractivity contribution < 1.29 is 9.59 Å². The lowest BCUT2D eigenvalue weighted by Crippen LogP contribution is -2.54. The molecule has 0 saturated carbocycles. The van der Waals surface area contributed by atoms with E-state index in [0.29, 0.717) is 6.54 Å². The molecule has 0 aromatic heterocycles. The quantitative estimate of drug-likeness (QED) is 0.752. The van der Waals surface area contributed by atoms with E-state index in [9.17, 15) is 9.59 Å². The maximum absolute atomic E-state index is 12.0. The standard InChI is InChI=1S/C15H28N4O2/c1-15(2)11-18(8-5-12(15)16)10-13(20)17-9-14(21)19-6-3-4-7-19/h12H,3-11,16H2,1-2H3,(H,17,20). The zero-order valence-corrected chi connectivity index (χ0v) is 13.2. The molecular formula is C15H28N4O2. The zero-order chi connectivity index (χ0) is 15.5. The minimum absolute atomic E-state index is 0.0295. The number of piperidine rings is 1. The Morgan fingerprint density at radius 1 is 1.24 bits per heavy atom. The maximum Gasteiger partial charge on any atom is 0.241 e. The van der Waals surface area contributed by atoms with E-state index in [-0.39, 0.29) is 29.8 Å². The second kappa shape index (κ2) is 6.75. The van der Waals surface area contributed by atoms with Crippen molar-refractivity contribution in [1.82, 2.24) is 15.1 Å². The molecule has 6 nitrogen and oxygen atoms in total. The molecule has 0 bridgehead atoms. The van der Waals surface area contributed by atoms with Crippen LogP contribution in [0.3, 0.4) is 0 Å². The first-order chi connectivity index (χ1) is 9.88. The van der Waals surface area contributed by atoms with Crippen LogP contribution in [0.25, 0.3) is 0 Å². The number of rotatable bonds is 4. The van der Waals surface area contributed by atoms with E-state index in [4.69, 9.17) is 5.73 Å². The van der Waals surface area contributed by atoms with Crippen LogP contribution in [0.5, 0.6) is 0 Å². The summed E-state index contributed by atoms with van der Waals surface area (Å²) in [5.41, 5.74) is 6.13. The van der Waals surface area contributed by atoms with E-state index in [2.05, 4.69) is 24.1 Å². The SMILES string of the molecule is CC1(C)CN(CC(=O)NCC(=O)N2CCCC2)CCC1N. The summed E-state index contributed by atoms with van der Waals surface area (Å²) in [7, 11) is 0. The van der Waals surface area contributed by atoms with Crippen LogP contribution < -0.4 is 11.1 Å². The lowest BCUT2D eigenvalue weighted by Gasteiger charge is -2.42. The number of nitrogens with zero attached hydrogens (tertiary/aromatic N) is 2. The molecule has 1 atom stereocenters. The molecule has 21 heavy (non-hydrogen) atoms. The number of carbonyl (C=O) groups is 2. The summed E-state index contributed by atoms with van der Waals surface area (Å²) in [6, 6.07) is 0.188. The van der Waals surface area contributed by atoms with Crippen LogP contribution in [-0.2, 0) is 9.59 Å². The summed E-state index contributed by atoms with van der Waals surface area (Å²) >= 11 is 0. The minimum atomic E-state index is -0.0752. The highest BCUT2D eigenvalue weighted by molar-refractivity contribution is 5.85. The van der Waals surface area contributed by atoms with Crippen molar-refractivity contribution in [2.45, 2.75) is 39.2 Å². The highest BCUT2D eigenvalue weighted by Gasteiger charge is 2.33. The van der Waals surface area contributed by atoms with Crippen LogP contribution in [0.2, 0.25) is 0 Å². The van der Waals surface area contributed by atoms with Gasteiger partial charge in [-0.25, -0.2) is 0 Å². The van der Waals surface area contributed by atoms with Gasteiger partial charge in [0.25, 0.3) is 0 Å². The summed E-state index contributed by atoms with van der Waals surface area (Å²) in [6.45, 7) is 8.07. The highest BCUT2D eigenvalue weighted by atomic mass is 16.2. The van der Waals surface area contributed by atoms with Gasteiger partial charge < -0.3 is 16.0 Å². The molecular weight excluding hydrogens is 268 g/mol. The van der Waals surface area contributed by atoms with Crippen molar-refractivity contribution in [2.24, 2.45) is 11.1 Å². The van der Waals surface area contributed by atoms with Gasteiger partial charge in [0.05, 0.1) is 13.1 Å². The summed E-state index contributed by atoms with van der Waals surface area (Å²) in [5, 5.41) is 2.74. The predicted octanol–water partition coefficient (Wildman–Crippen LogP) is -0.216. The average molecular weight is 296 g/mol. The Morgan fingerprint density at radius 2 is 1.90 bits per heavy atom. The molecule has 2 heterocycles. The Labute approximate surface area is 127 Å². The molecule has 0 aromatic carbocycles. The van der Waals surface area contributed by atoms with E-state index in [1.807, 2.05) is 4.90 Å². The summed E-state index contributed by atoms with van der Waals surface area (Å²) in [5.74, 6) is -0.0457. The third kappa shape index (κ3) is 4.41. The van der Waals surface area contributed by atoms with Gasteiger partial charge in [0.1, 0.15) is 0 Å². The number of carbonyl (C=O) groups excluding carboxylic acids is 2. The number of likely N-dealkylation sites (tertiary alicyclic amines) is 2.